The van der Waals surface area contributed by atoms with Gasteiger partial charge in [-0.25, -0.2) is 4.98 Å². The van der Waals surface area contributed by atoms with Gasteiger partial charge in [-0.3, -0.25) is 14.6 Å². The molecule has 126 valence electrons. The highest BCUT2D eigenvalue weighted by Gasteiger charge is 2.11. The molecule has 0 aliphatic rings. The quantitative estimate of drug-likeness (QED) is 0.667. The highest BCUT2D eigenvalue weighted by atomic mass is 79.9. The molecule has 0 radical (unpaired) electrons. The van der Waals surface area contributed by atoms with Crippen LogP contribution in [0, 0.1) is 0 Å². The van der Waals surface area contributed by atoms with Gasteiger partial charge in [-0.05, 0) is 36.4 Å². The van der Waals surface area contributed by atoms with Crippen molar-refractivity contribution in [2.24, 2.45) is 0 Å². The number of amides is 2. The molecular formula is C17H13BrN4O2S. The van der Waals surface area contributed by atoms with E-state index in [0.29, 0.717) is 16.4 Å². The highest BCUT2D eigenvalue weighted by molar-refractivity contribution is 9.10. The van der Waals surface area contributed by atoms with Gasteiger partial charge in [0, 0.05) is 21.6 Å². The van der Waals surface area contributed by atoms with Crippen LogP contribution >= 0.6 is 27.3 Å². The Morgan fingerprint density at radius 1 is 1.08 bits per heavy atom. The Hall–Kier alpha value is -2.58. The maximum absolute atomic E-state index is 12.0. The molecule has 0 aliphatic heterocycles. The lowest BCUT2D eigenvalue weighted by Gasteiger charge is -2.05. The molecule has 2 N–H and O–H groups in total. The van der Waals surface area contributed by atoms with Crippen molar-refractivity contribution in [3.8, 4) is 11.4 Å². The fraction of sp³-hybridized carbons (Fsp3) is 0.0588. The number of aromatic nitrogens is 2. The van der Waals surface area contributed by atoms with E-state index in [1.807, 2.05) is 23.6 Å². The first kappa shape index (κ1) is 17.2. The maximum Gasteiger partial charge on any atom is 0.251 e. The van der Waals surface area contributed by atoms with Gasteiger partial charge in [-0.15, -0.1) is 11.3 Å². The first-order valence-corrected chi connectivity index (χ1v) is 8.99. The average Bonchev–Trinajstić information content (AvgIpc) is 3.09. The predicted molar refractivity (Wildman–Crippen MR) is 100 cm³/mol. The van der Waals surface area contributed by atoms with E-state index < -0.39 is 0 Å². The van der Waals surface area contributed by atoms with Crippen molar-refractivity contribution < 1.29 is 9.59 Å². The summed E-state index contributed by atoms with van der Waals surface area (Å²) in [4.78, 5) is 32.5. The van der Waals surface area contributed by atoms with E-state index in [-0.39, 0.29) is 18.4 Å². The molecule has 0 atom stereocenters. The minimum absolute atomic E-state index is 0.132. The van der Waals surface area contributed by atoms with Crippen LogP contribution in [0.3, 0.4) is 0 Å². The smallest absolute Gasteiger partial charge is 0.251 e. The molecule has 2 amide bonds. The van der Waals surface area contributed by atoms with E-state index >= 15 is 0 Å². The van der Waals surface area contributed by atoms with Crippen LogP contribution in [0.1, 0.15) is 10.4 Å². The van der Waals surface area contributed by atoms with Gasteiger partial charge >= 0.3 is 0 Å². The average molecular weight is 417 g/mol. The van der Waals surface area contributed by atoms with Crippen LogP contribution in [0.4, 0.5) is 5.13 Å². The Labute approximate surface area is 156 Å². The fourth-order valence-electron chi connectivity index (χ4n) is 1.99. The predicted octanol–water partition coefficient (Wildman–Crippen LogP) is 3.34. The Kier molecular flexibility index (Phi) is 5.52. The van der Waals surface area contributed by atoms with E-state index in [2.05, 4.69) is 36.5 Å². The van der Waals surface area contributed by atoms with Crippen molar-refractivity contribution in [3.05, 3.63) is 64.1 Å². The number of nitrogens with one attached hydrogen (secondary N) is 2. The molecule has 0 saturated carbocycles. The summed E-state index contributed by atoms with van der Waals surface area (Å²) >= 11 is 4.61. The largest absolute Gasteiger partial charge is 0.343 e. The molecule has 1 aromatic carbocycles. The number of thiazole rings is 1. The van der Waals surface area contributed by atoms with E-state index in [1.165, 1.54) is 11.3 Å². The zero-order chi connectivity index (χ0) is 17.6. The van der Waals surface area contributed by atoms with Crippen LogP contribution in [0.5, 0.6) is 0 Å². The number of nitrogens with zero attached hydrogens (tertiary/aromatic N) is 2. The van der Waals surface area contributed by atoms with Gasteiger partial charge in [0.15, 0.2) is 5.13 Å². The molecule has 0 unspecified atom stereocenters. The summed E-state index contributed by atoms with van der Waals surface area (Å²) in [6.07, 6.45) is 1.69. The van der Waals surface area contributed by atoms with Crippen LogP contribution in [0.15, 0.2) is 58.5 Å². The van der Waals surface area contributed by atoms with Gasteiger partial charge in [0.2, 0.25) is 5.91 Å². The molecule has 0 spiro atoms. The van der Waals surface area contributed by atoms with Crippen LogP contribution in [-0.2, 0) is 4.79 Å². The lowest BCUT2D eigenvalue weighted by molar-refractivity contribution is -0.115. The summed E-state index contributed by atoms with van der Waals surface area (Å²) < 4.78 is 0.884. The van der Waals surface area contributed by atoms with Gasteiger partial charge in [-0.1, -0.05) is 22.0 Å². The van der Waals surface area contributed by atoms with Crippen molar-refractivity contribution in [3.63, 3.8) is 0 Å². The maximum atomic E-state index is 12.0. The number of carbonyl (C=O) groups is 2. The normalized spacial score (nSPS) is 10.3. The second-order valence-electron chi connectivity index (χ2n) is 4.99. The number of pyridine rings is 1. The standard InChI is InChI=1S/C17H13BrN4O2S/c18-12-6-4-11(5-7-12)16(24)20-9-15(23)22-17-21-14(10-25-17)13-3-1-2-8-19-13/h1-8,10H,9H2,(H,20,24)(H,21,22,23). The number of benzene rings is 1. The summed E-state index contributed by atoms with van der Waals surface area (Å²) in [7, 11) is 0. The van der Waals surface area contributed by atoms with Crippen LogP contribution < -0.4 is 10.6 Å². The molecule has 0 aliphatic carbocycles. The van der Waals surface area contributed by atoms with Gasteiger partial charge < -0.3 is 10.6 Å². The third kappa shape index (κ3) is 4.71. The second kappa shape index (κ2) is 8.00. The van der Waals surface area contributed by atoms with Crippen molar-refractivity contribution in [2.45, 2.75) is 0 Å². The molecular weight excluding hydrogens is 404 g/mol. The Balaban J connectivity index is 1.54. The monoisotopic (exact) mass is 416 g/mol. The summed E-state index contributed by atoms with van der Waals surface area (Å²) in [5, 5.41) is 7.52. The first-order chi connectivity index (χ1) is 12.1. The van der Waals surface area contributed by atoms with Crippen molar-refractivity contribution >= 4 is 44.2 Å². The Morgan fingerprint density at radius 3 is 2.60 bits per heavy atom. The number of anilines is 1. The summed E-state index contributed by atoms with van der Waals surface area (Å²) in [6.45, 7) is -0.132. The minimum Gasteiger partial charge on any atom is -0.343 e. The lowest BCUT2D eigenvalue weighted by Crippen LogP contribution is -2.32. The minimum atomic E-state index is -0.340. The molecule has 25 heavy (non-hydrogen) atoms. The first-order valence-electron chi connectivity index (χ1n) is 7.32. The fourth-order valence-corrected chi connectivity index (χ4v) is 2.98. The van der Waals surface area contributed by atoms with Crippen LogP contribution in [0.25, 0.3) is 11.4 Å². The van der Waals surface area contributed by atoms with Crippen LogP contribution in [-0.4, -0.2) is 28.3 Å². The zero-order valence-electron chi connectivity index (χ0n) is 12.9. The van der Waals surface area contributed by atoms with Gasteiger partial charge in [0.05, 0.1) is 12.2 Å². The van der Waals surface area contributed by atoms with E-state index in [0.717, 1.165) is 10.2 Å². The molecule has 3 aromatic rings. The SMILES string of the molecule is O=C(CNC(=O)c1ccc(Br)cc1)Nc1nc(-c2ccccn2)cs1. The van der Waals surface area contributed by atoms with E-state index in [4.69, 9.17) is 0 Å². The molecule has 3 rings (SSSR count). The third-order valence-electron chi connectivity index (χ3n) is 3.19. The van der Waals surface area contributed by atoms with Crippen molar-refractivity contribution in [2.75, 3.05) is 11.9 Å². The number of halogens is 1. The van der Waals surface area contributed by atoms with Gasteiger partial charge in [0.1, 0.15) is 5.69 Å². The van der Waals surface area contributed by atoms with E-state index in [9.17, 15) is 9.59 Å². The molecule has 8 heteroatoms. The summed E-state index contributed by atoms with van der Waals surface area (Å²) in [6, 6.07) is 12.4. The van der Waals surface area contributed by atoms with E-state index in [1.54, 1.807) is 30.5 Å². The van der Waals surface area contributed by atoms with Gasteiger partial charge in [0.25, 0.3) is 5.91 Å². The lowest BCUT2D eigenvalue weighted by atomic mass is 10.2. The number of rotatable bonds is 5. The number of carbonyl (C=O) groups excluding carboxylic acids is 2. The molecule has 0 fully saturated rings. The van der Waals surface area contributed by atoms with Crippen molar-refractivity contribution in [1.82, 2.24) is 15.3 Å². The zero-order valence-corrected chi connectivity index (χ0v) is 15.3. The van der Waals surface area contributed by atoms with Gasteiger partial charge in [-0.2, -0.15) is 0 Å². The second-order valence-corrected chi connectivity index (χ2v) is 6.76. The number of hydrogen-bond donors (Lipinski definition) is 2. The third-order valence-corrected chi connectivity index (χ3v) is 4.48. The highest BCUT2D eigenvalue weighted by Crippen LogP contribution is 2.22. The molecule has 0 bridgehead atoms. The molecule has 2 aromatic heterocycles. The molecule has 2 heterocycles. The summed E-state index contributed by atoms with van der Waals surface area (Å²) in [5.41, 5.74) is 1.92. The number of hydrogen-bond acceptors (Lipinski definition) is 5. The summed E-state index contributed by atoms with van der Waals surface area (Å²) in [5.74, 6) is -0.650. The Bertz CT molecular complexity index is 881. The topological polar surface area (TPSA) is 84.0 Å². The Morgan fingerprint density at radius 2 is 1.88 bits per heavy atom. The molecule has 6 nitrogen and oxygen atoms in total. The molecule has 0 saturated heterocycles. The van der Waals surface area contributed by atoms with Crippen LogP contribution in [0.2, 0.25) is 0 Å². The van der Waals surface area contributed by atoms with Crippen molar-refractivity contribution in [1.29, 1.82) is 0 Å².